The molecule has 14 heavy (non-hydrogen) atoms. The summed E-state index contributed by atoms with van der Waals surface area (Å²) in [5.41, 5.74) is 3.37. The van der Waals surface area contributed by atoms with Crippen molar-refractivity contribution in [2.24, 2.45) is 0 Å². The average molecular weight is 196 g/mol. The van der Waals surface area contributed by atoms with Gasteiger partial charge < -0.3 is 17.6 Å². The van der Waals surface area contributed by atoms with Gasteiger partial charge in [-0.1, -0.05) is 24.3 Å². The molecule has 0 saturated heterocycles. The van der Waals surface area contributed by atoms with Crippen LogP contribution in [0.1, 0.15) is 5.56 Å². The maximum absolute atomic E-state index is 4.91. The minimum atomic E-state index is 0. The predicted molar refractivity (Wildman–Crippen MR) is 54.4 cm³/mol. The van der Waals surface area contributed by atoms with Gasteiger partial charge in [-0.25, -0.2) is 0 Å². The second-order valence-corrected chi connectivity index (χ2v) is 3.30. The molecule has 66 valence electrons. The Morgan fingerprint density at radius 1 is 1.29 bits per heavy atom. The van der Waals surface area contributed by atoms with Crippen LogP contribution < -0.4 is 18.9 Å². The zero-order chi connectivity index (χ0) is 9.26. The Kier molecular flexibility index (Phi) is 3.76. The SMILES string of the molecule is Cc1ccccc1-c1cnc([S-])[nH]1.[Li+]. The molecule has 2 aromatic rings. The number of aromatic amines is 1. The van der Waals surface area contributed by atoms with Crippen molar-refractivity contribution in [2.75, 3.05) is 0 Å². The fraction of sp³-hybridized carbons (Fsp3) is 0.100. The molecule has 1 aromatic heterocycles. The number of rotatable bonds is 1. The quantitative estimate of drug-likeness (QED) is 0.482. The van der Waals surface area contributed by atoms with Crippen molar-refractivity contribution in [1.29, 1.82) is 0 Å². The number of hydrogen-bond acceptors (Lipinski definition) is 2. The van der Waals surface area contributed by atoms with Gasteiger partial charge in [-0.05, 0) is 17.6 Å². The normalized spacial score (nSPS) is 9.50. The molecule has 0 spiro atoms. The second-order valence-electron chi connectivity index (χ2n) is 2.92. The van der Waals surface area contributed by atoms with E-state index >= 15 is 0 Å². The van der Waals surface area contributed by atoms with Crippen molar-refractivity contribution < 1.29 is 18.9 Å². The second kappa shape index (κ2) is 4.65. The maximum atomic E-state index is 4.91. The molecule has 0 aliphatic rings. The Bertz CT molecular complexity index is 426. The summed E-state index contributed by atoms with van der Waals surface area (Å²) in [6, 6.07) is 8.15. The monoisotopic (exact) mass is 196 g/mol. The average Bonchev–Trinajstić information content (AvgIpc) is 2.53. The number of hydrogen-bond donors (Lipinski definition) is 1. The van der Waals surface area contributed by atoms with Crippen LogP contribution in [0.2, 0.25) is 0 Å². The van der Waals surface area contributed by atoms with Crippen molar-refractivity contribution in [2.45, 2.75) is 12.1 Å². The van der Waals surface area contributed by atoms with E-state index in [1.165, 1.54) is 5.56 Å². The molecule has 0 atom stereocenters. The fourth-order valence-electron chi connectivity index (χ4n) is 1.31. The van der Waals surface area contributed by atoms with Crippen LogP contribution in [0.3, 0.4) is 0 Å². The van der Waals surface area contributed by atoms with Gasteiger partial charge in [0.15, 0.2) is 0 Å². The third-order valence-electron chi connectivity index (χ3n) is 1.99. The summed E-state index contributed by atoms with van der Waals surface area (Å²) >= 11 is 4.91. The van der Waals surface area contributed by atoms with Gasteiger partial charge in [0, 0.05) is 5.56 Å². The van der Waals surface area contributed by atoms with Gasteiger partial charge in [0.2, 0.25) is 0 Å². The standard InChI is InChI=1S/C10H10N2S.Li/c1-7-4-2-3-5-8(7)9-6-11-10(13)12-9;/h2-6H,1H3,(H2,11,12,13);/q;+1/p-1. The fourth-order valence-corrected chi connectivity index (χ4v) is 1.48. The molecule has 0 fully saturated rings. The van der Waals surface area contributed by atoms with E-state index in [4.69, 9.17) is 12.6 Å². The topological polar surface area (TPSA) is 28.7 Å². The largest absolute Gasteiger partial charge is 1.00 e. The Hall–Kier alpha value is -0.753. The minimum absolute atomic E-state index is 0. The van der Waals surface area contributed by atoms with Crippen molar-refractivity contribution in [3.63, 3.8) is 0 Å². The number of benzene rings is 1. The molecule has 2 nitrogen and oxygen atoms in total. The van der Waals surface area contributed by atoms with Crippen LogP contribution in [-0.4, -0.2) is 9.97 Å². The van der Waals surface area contributed by atoms with Crippen LogP contribution in [-0.2, 0) is 12.6 Å². The molecule has 0 saturated carbocycles. The van der Waals surface area contributed by atoms with Gasteiger partial charge in [0.25, 0.3) is 0 Å². The molecule has 0 bridgehead atoms. The first-order valence-corrected chi connectivity index (χ1v) is 4.46. The summed E-state index contributed by atoms with van der Waals surface area (Å²) in [7, 11) is 0. The van der Waals surface area contributed by atoms with E-state index in [2.05, 4.69) is 29.0 Å². The third-order valence-corrected chi connectivity index (χ3v) is 2.20. The molecule has 2 rings (SSSR count). The third kappa shape index (κ3) is 2.19. The Morgan fingerprint density at radius 3 is 2.57 bits per heavy atom. The molecule has 0 amide bonds. The first-order valence-electron chi connectivity index (χ1n) is 4.05. The van der Waals surface area contributed by atoms with Crippen molar-refractivity contribution in [1.82, 2.24) is 9.97 Å². The zero-order valence-corrected chi connectivity index (χ0v) is 9.06. The van der Waals surface area contributed by atoms with Crippen LogP contribution >= 0.6 is 0 Å². The molecule has 4 heteroatoms. The molecular weight excluding hydrogens is 187 g/mol. The minimum Gasteiger partial charge on any atom is -0.742 e. The summed E-state index contributed by atoms with van der Waals surface area (Å²) in [5, 5.41) is 0.540. The smallest absolute Gasteiger partial charge is 0.742 e. The zero-order valence-electron chi connectivity index (χ0n) is 8.24. The first kappa shape index (κ1) is 11.3. The van der Waals surface area contributed by atoms with E-state index < -0.39 is 0 Å². The molecule has 0 radical (unpaired) electrons. The van der Waals surface area contributed by atoms with Crippen LogP contribution in [0.5, 0.6) is 0 Å². The molecule has 0 aliphatic carbocycles. The molecule has 0 unspecified atom stereocenters. The van der Waals surface area contributed by atoms with E-state index in [0.717, 1.165) is 11.3 Å². The van der Waals surface area contributed by atoms with E-state index in [1.807, 2.05) is 12.1 Å². The number of aromatic nitrogens is 2. The molecule has 1 N–H and O–H groups in total. The summed E-state index contributed by atoms with van der Waals surface area (Å²) in [4.78, 5) is 7.03. The van der Waals surface area contributed by atoms with E-state index in [9.17, 15) is 0 Å². The van der Waals surface area contributed by atoms with Gasteiger partial charge in [-0.15, -0.1) is 0 Å². The van der Waals surface area contributed by atoms with E-state index in [1.54, 1.807) is 6.20 Å². The summed E-state index contributed by atoms with van der Waals surface area (Å²) < 4.78 is 0. The maximum Gasteiger partial charge on any atom is 1.00 e. The number of nitrogens with zero attached hydrogens (tertiary/aromatic N) is 1. The molecule has 0 aliphatic heterocycles. The van der Waals surface area contributed by atoms with Crippen LogP contribution in [0.25, 0.3) is 11.3 Å². The predicted octanol–water partition coefficient (Wildman–Crippen LogP) is -0.705. The summed E-state index contributed by atoms with van der Waals surface area (Å²) in [6.07, 6.45) is 1.77. The van der Waals surface area contributed by atoms with Crippen LogP contribution in [0, 0.1) is 6.92 Å². The summed E-state index contributed by atoms with van der Waals surface area (Å²) in [5.74, 6) is 0. The number of H-pyrrole nitrogens is 1. The Morgan fingerprint density at radius 2 is 2.00 bits per heavy atom. The Labute approximate surface area is 101 Å². The number of nitrogens with one attached hydrogen (secondary N) is 1. The van der Waals surface area contributed by atoms with Gasteiger partial charge in [-0.2, -0.15) is 0 Å². The first-order chi connectivity index (χ1) is 6.27. The van der Waals surface area contributed by atoms with Crippen molar-refractivity contribution >= 4 is 12.6 Å². The number of aryl methyl sites for hydroxylation is 1. The molecule has 1 aromatic carbocycles. The van der Waals surface area contributed by atoms with Gasteiger partial charge in [-0.3, -0.25) is 4.98 Å². The van der Waals surface area contributed by atoms with Crippen molar-refractivity contribution in [3.05, 3.63) is 36.0 Å². The van der Waals surface area contributed by atoms with Crippen molar-refractivity contribution in [3.8, 4) is 11.3 Å². The van der Waals surface area contributed by atoms with Crippen LogP contribution in [0.4, 0.5) is 0 Å². The summed E-state index contributed by atoms with van der Waals surface area (Å²) in [6.45, 7) is 2.07. The number of imidazole rings is 1. The van der Waals surface area contributed by atoms with Crippen LogP contribution in [0.15, 0.2) is 35.6 Å². The van der Waals surface area contributed by atoms with Gasteiger partial charge >= 0.3 is 18.9 Å². The van der Waals surface area contributed by atoms with Gasteiger partial charge in [0.05, 0.1) is 11.9 Å². The Balaban J connectivity index is 0.000000980. The van der Waals surface area contributed by atoms with E-state index in [0.29, 0.717) is 5.16 Å². The van der Waals surface area contributed by atoms with Gasteiger partial charge in [0.1, 0.15) is 0 Å². The molecular formula is C10H9LiN2S. The van der Waals surface area contributed by atoms with E-state index in [-0.39, 0.29) is 18.9 Å². The molecule has 1 heterocycles.